The Morgan fingerprint density at radius 3 is 2.18 bits per heavy atom. The molecule has 7 nitrogen and oxygen atoms in total. The second-order valence-corrected chi connectivity index (χ2v) is 9.33. The minimum atomic E-state index is -0.809. The summed E-state index contributed by atoms with van der Waals surface area (Å²) in [5.74, 6) is -1.45. The van der Waals surface area contributed by atoms with Gasteiger partial charge in [0, 0.05) is 41.5 Å². The first kappa shape index (κ1) is 27.1. The van der Waals surface area contributed by atoms with Crippen molar-refractivity contribution in [2.24, 2.45) is 5.73 Å². The van der Waals surface area contributed by atoms with Crippen LogP contribution in [0.2, 0.25) is 0 Å². The van der Waals surface area contributed by atoms with Crippen molar-refractivity contribution in [1.29, 1.82) is 0 Å². The van der Waals surface area contributed by atoms with Crippen LogP contribution in [0.4, 0.5) is 14.5 Å². The van der Waals surface area contributed by atoms with E-state index >= 15 is 0 Å². The fourth-order valence-corrected chi connectivity index (χ4v) is 4.78. The lowest BCUT2D eigenvalue weighted by molar-refractivity contribution is 0.0582. The minimum absolute atomic E-state index is 0.0564. The number of nitrogens with zero attached hydrogens (tertiary/aromatic N) is 1. The maximum atomic E-state index is 13.9. The van der Waals surface area contributed by atoms with E-state index in [4.69, 9.17) is 15.2 Å². The minimum Gasteiger partial charge on any atom is -0.493 e. The van der Waals surface area contributed by atoms with Crippen molar-refractivity contribution in [3.63, 3.8) is 0 Å². The number of hydrogen-bond acceptors (Lipinski definition) is 5. The van der Waals surface area contributed by atoms with Gasteiger partial charge in [0.15, 0.2) is 11.5 Å². The summed E-state index contributed by atoms with van der Waals surface area (Å²) < 4.78 is 38.2. The van der Waals surface area contributed by atoms with E-state index in [1.165, 1.54) is 14.2 Å². The molecule has 1 fully saturated rings. The molecular formula is C29H31F2N3O4. The second-order valence-electron chi connectivity index (χ2n) is 9.33. The first-order chi connectivity index (χ1) is 18.3. The number of carbonyl (C=O) groups is 2. The monoisotopic (exact) mass is 523 g/mol. The zero-order valence-electron chi connectivity index (χ0n) is 21.4. The largest absolute Gasteiger partial charge is 0.493 e. The quantitative estimate of drug-likeness (QED) is 0.426. The van der Waals surface area contributed by atoms with E-state index in [-0.39, 0.29) is 30.1 Å². The van der Waals surface area contributed by atoms with Crippen molar-refractivity contribution in [2.75, 3.05) is 19.5 Å². The third-order valence-corrected chi connectivity index (χ3v) is 6.76. The van der Waals surface area contributed by atoms with E-state index in [0.717, 1.165) is 43.0 Å². The molecule has 0 aliphatic heterocycles. The van der Waals surface area contributed by atoms with E-state index in [9.17, 15) is 18.4 Å². The molecule has 0 bridgehead atoms. The maximum Gasteiger partial charge on any atom is 0.255 e. The van der Waals surface area contributed by atoms with Gasteiger partial charge in [0.2, 0.25) is 0 Å². The Morgan fingerprint density at radius 1 is 0.895 bits per heavy atom. The molecule has 3 N–H and O–H groups in total. The van der Waals surface area contributed by atoms with Crippen LogP contribution in [0.25, 0.3) is 0 Å². The average molecular weight is 524 g/mol. The molecule has 0 saturated heterocycles. The number of amides is 2. The van der Waals surface area contributed by atoms with E-state index in [0.29, 0.717) is 29.2 Å². The molecule has 1 saturated carbocycles. The van der Waals surface area contributed by atoms with Crippen molar-refractivity contribution < 1.29 is 27.8 Å². The Bertz CT molecular complexity index is 1280. The molecule has 200 valence electrons. The highest BCUT2D eigenvalue weighted by molar-refractivity contribution is 6.04. The summed E-state index contributed by atoms with van der Waals surface area (Å²) in [7, 11) is 3.02. The summed E-state index contributed by atoms with van der Waals surface area (Å²) in [6, 6.07) is 14.3. The smallest absolute Gasteiger partial charge is 0.255 e. The normalized spacial score (nSPS) is 17.0. The van der Waals surface area contributed by atoms with Gasteiger partial charge in [0.1, 0.15) is 11.6 Å². The van der Waals surface area contributed by atoms with Gasteiger partial charge in [-0.3, -0.25) is 9.59 Å². The molecule has 0 heterocycles. The van der Waals surface area contributed by atoms with Crippen molar-refractivity contribution in [3.8, 4) is 11.5 Å². The van der Waals surface area contributed by atoms with Gasteiger partial charge in [0.25, 0.3) is 11.8 Å². The molecular weight excluding hydrogens is 492 g/mol. The van der Waals surface area contributed by atoms with Gasteiger partial charge < -0.3 is 25.4 Å². The summed E-state index contributed by atoms with van der Waals surface area (Å²) in [6.45, 7) is 0.208. The highest BCUT2D eigenvalue weighted by atomic mass is 19.1. The fraction of sp³-hybridized carbons (Fsp3) is 0.310. The molecule has 3 aromatic rings. The number of hydrogen-bond donors (Lipinski definition) is 2. The topological polar surface area (TPSA) is 93.9 Å². The molecule has 38 heavy (non-hydrogen) atoms. The second kappa shape index (κ2) is 12.0. The third kappa shape index (κ3) is 6.28. The predicted octanol–water partition coefficient (Wildman–Crippen LogP) is 5.15. The van der Waals surface area contributed by atoms with Gasteiger partial charge in [-0.25, -0.2) is 8.78 Å². The molecule has 1 aliphatic carbocycles. The van der Waals surface area contributed by atoms with Crippen LogP contribution in [0.5, 0.6) is 11.5 Å². The van der Waals surface area contributed by atoms with Crippen LogP contribution in [-0.4, -0.2) is 43.0 Å². The van der Waals surface area contributed by atoms with E-state index in [1.54, 1.807) is 47.4 Å². The van der Waals surface area contributed by atoms with Gasteiger partial charge >= 0.3 is 0 Å². The van der Waals surface area contributed by atoms with Crippen LogP contribution in [-0.2, 0) is 6.54 Å². The number of nitrogens with one attached hydrogen (secondary N) is 1. The maximum absolute atomic E-state index is 13.9. The van der Waals surface area contributed by atoms with Gasteiger partial charge in [-0.05, 0) is 60.9 Å². The predicted molar refractivity (Wildman–Crippen MR) is 140 cm³/mol. The van der Waals surface area contributed by atoms with E-state index in [2.05, 4.69) is 5.32 Å². The molecule has 0 aromatic heterocycles. The Hall–Kier alpha value is -3.98. The van der Waals surface area contributed by atoms with Crippen LogP contribution in [0, 0.1) is 11.6 Å². The van der Waals surface area contributed by atoms with Crippen LogP contribution in [0.3, 0.4) is 0 Å². The number of benzene rings is 3. The summed E-state index contributed by atoms with van der Waals surface area (Å²) in [5.41, 5.74) is 8.07. The Balaban J connectivity index is 1.52. The molecule has 0 spiro atoms. The Labute approximate surface area is 220 Å². The zero-order chi connectivity index (χ0) is 27.2. The van der Waals surface area contributed by atoms with Crippen molar-refractivity contribution in [3.05, 3.63) is 89.0 Å². The van der Waals surface area contributed by atoms with E-state index in [1.807, 2.05) is 0 Å². The Morgan fingerprint density at radius 2 is 1.55 bits per heavy atom. The number of ether oxygens (including phenoxy) is 2. The third-order valence-electron chi connectivity index (χ3n) is 6.76. The van der Waals surface area contributed by atoms with Crippen molar-refractivity contribution in [2.45, 2.75) is 44.3 Å². The average Bonchev–Trinajstić information content (AvgIpc) is 2.91. The molecule has 0 radical (unpaired) electrons. The van der Waals surface area contributed by atoms with Crippen LogP contribution in [0.15, 0.2) is 60.7 Å². The number of carbonyl (C=O) groups excluding carboxylic acids is 2. The van der Waals surface area contributed by atoms with Gasteiger partial charge in [-0.15, -0.1) is 0 Å². The summed E-state index contributed by atoms with van der Waals surface area (Å²) >= 11 is 0. The number of nitrogens with two attached hydrogens (primary N) is 1. The SMILES string of the molecule is COc1ccc(C(=O)Nc2ccc(CN(C(=O)c3cc(F)cc(F)c3)C3CCCCC3N)cc2)cc1OC. The summed E-state index contributed by atoms with van der Waals surface area (Å²) in [5, 5.41) is 2.84. The lowest BCUT2D eigenvalue weighted by Crippen LogP contribution is -2.51. The van der Waals surface area contributed by atoms with Crippen LogP contribution < -0.4 is 20.5 Å². The number of methoxy groups -OCH3 is 2. The lowest BCUT2D eigenvalue weighted by atomic mass is 9.89. The first-order valence-electron chi connectivity index (χ1n) is 12.4. The van der Waals surface area contributed by atoms with Gasteiger partial charge in [-0.2, -0.15) is 0 Å². The van der Waals surface area contributed by atoms with Gasteiger partial charge in [-0.1, -0.05) is 25.0 Å². The molecule has 2 atom stereocenters. The zero-order valence-corrected chi connectivity index (χ0v) is 21.4. The number of anilines is 1. The highest BCUT2D eigenvalue weighted by Gasteiger charge is 2.32. The molecule has 9 heteroatoms. The highest BCUT2D eigenvalue weighted by Crippen LogP contribution is 2.29. The van der Waals surface area contributed by atoms with Gasteiger partial charge in [0.05, 0.1) is 14.2 Å². The number of rotatable bonds is 8. The number of halogens is 2. The molecule has 3 aromatic carbocycles. The van der Waals surface area contributed by atoms with Crippen LogP contribution in [0.1, 0.15) is 52.0 Å². The molecule has 2 unspecified atom stereocenters. The standard InChI is InChI=1S/C29H31F2N3O4/c1-37-26-12-9-19(15-27(26)38-2)28(35)33-23-10-7-18(8-11-23)17-34(25-6-4-3-5-24(25)32)29(36)20-13-21(30)16-22(31)14-20/h7-16,24-25H,3-6,17,32H2,1-2H3,(H,33,35). The summed E-state index contributed by atoms with van der Waals surface area (Å²) in [4.78, 5) is 27.8. The first-order valence-corrected chi connectivity index (χ1v) is 12.4. The lowest BCUT2D eigenvalue weighted by Gasteiger charge is -2.38. The Kier molecular flexibility index (Phi) is 8.58. The van der Waals surface area contributed by atoms with E-state index < -0.39 is 17.5 Å². The fourth-order valence-electron chi connectivity index (χ4n) is 4.78. The molecule has 1 aliphatic rings. The van der Waals surface area contributed by atoms with Crippen molar-refractivity contribution in [1.82, 2.24) is 4.90 Å². The molecule has 4 rings (SSSR count). The van der Waals surface area contributed by atoms with Crippen molar-refractivity contribution >= 4 is 17.5 Å². The molecule has 2 amide bonds. The summed E-state index contributed by atoms with van der Waals surface area (Å²) in [6.07, 6.45) is 3.38. The van der Waals surface area contributed by atoms with Crippen LogP contribution >= 0.6 is 0 Å².